The fourth-order valence-electron chi connectivity index (χ4n) is 1.21. The maximum Gasteiger partial charge on any atom is 0.348 e. The molecule has 0 saturated heterocycles. The number of aliphatic imine (C=N–C) groups is 1. The van der Waals surface area contributed by atoms with Gasteiger partial charge < -0.3 is 16.8 Å². The number of amides is 2. The summed E-state index contributed by atoms with van der Waals surface area (Å²) in [5, 5.41) is 12.9. The lowest BCUT2D eigenvalue weighted by molar-refractivity contribution is -0.385. The first-order valence-corrected chi connectivity index (χ1v) is 4.56. The molecule has 0 fully saturated rings. The molecule has 8 heteroatoms. The Morgan fingerprint density at radius 3 is 2.59 bits per heavy atom. The number of carbonyl (C=O) groups is 1. The molecule has 0 aromatic heterocycles. The molecule has 0 saturated carbocycles. The van der Waals surface area contributed by atoms with Gasteiger partial charge in [0.1, 0.15) is 0 Å². The van der Waals surface area contributed by atoms with Crippen molar-refractivity contribution in [1.29, 1.82) is 0 Å². The van der Waals surface area contributed by atoms with Gasteiger partial charge in [-0.1, -0.05) is 0 Å². The summed E-state index contributed by atoms with van der Waals surface area (Å²) in [6.07, 6.45) is 0. The van der Waals surface area contributed by atoms with Gasteiger partial charge in [-0.05, 0) is 19.1 Å². The van der Waals surface area contributed by atoms with Crippen molar-refractivity contribution in [2.45, 2.75) is 6.92 Å². The fourth-order valence-corrected chi connectivity index (χ4v) is 1.21. The zero-order valence-corrected chi connectivity index (χ0v) is 9.01. The van der Waals surface area contributed by atoms with Crippen molar-refractivity contribution in [1.82, 2.24) is 0 Å². The number of rotatable bonds is 2. The maximum atomic E-state index is 11.2. The smallest absolute Gasteiger partial charge is 0.348 e. The Morgan fingerprint density at radius 2 is 2.12 bits per heavy atom. The molecule has 17 heavy (non-hydrogen) atoms. The number of benzene rings is 1. The summed E-state index contributed by atoms with van der Waals surface area (Å²) < 4.78 is 0. The van der Waals surface area contributed by atoms with Gasteiger partial charge >= 0.3 is 6.03 Å². The van der Waals surface area contributed by atoms with E-state index in [1.807, 2.05) is 0 Å². The molecule has 0 aliphatic rings. The Balaban J connectivity index is 2.88. The molecule has 2 amide bonds. The van der Waals surface area contributed by atoms with Gasteiger partial charge in [-0.15, -0.1) is 0 Å². The number of nitro groups is 1. The molecular formula is C9H11N5O3. The molecule has 0 heterocycles. The van der Waals surface area contributed by atoms with E-state index >= 15 is 0 Å². The van der Waals surface area contributed by atoms with Crippen molar-refractivity contribution in [2.24, 2.45) is 16.5 Å². The van der Waals surface area contributed by atoms with Crippen LogP contribution in [0.3, 0.4) is 0 Å². The van der Waals surface area contributed by atoms with Crippen molar-refractivity contribution in [3.8, 4) is 0 Å². The monoisotopic (exact) mass is 237 g/mol. The van der Waals surface area contributed by atoms with E-state index in [-0.39, 0.29) is 11.6 Å². The number of nitro benzene ring substituents is 1. The first kappa shape index (κ1) is 12.4. The number of carbonyl (C=O) groups excluding carboxylic acids is 1. The number of aryl methyl sites for hydroxylation is 1. The van der Waals surface area contributed by atoms with Gasteiger partial charge in [0.05, 0.1) is 4.92 Å². The lowest BCUT2D eigenvalue weighted by Gasteiger charge is -2.03. The first-order valence-electron chi connectivity index (χ1n) is 4.56. The van der Waals surface area contributed by atoms with Crippen LogP contribution in [0.15, 0.2) is 23.2 Å². The van der Waals surface area contributed by atoms with Crippen LogP contribution in [0.5, 0.6) is 0 Å². The van der Waals surface area contributed by atoms with Crippen molar-refractivity contribution >= 4 is 23.4 Å². The topological polar surface area (TPSA) is 137 Å². The summed E-state index contributed by atoms with van der Waals surface area (Å²) in [5.74, 6) is -0.360. The number of anilines is 1. The van der Waals surface area contributed by atoms with Crippen LogP contribution >= 0.6 is 0 Å². The van der Waals surface area contributed by atoms with Crippen molar-refractivity contribution in [3.05, 3.63) is 33.9 Å². The number of nitrogens with one attached hydrogen (secondary N) is 1. The lowest BCUT2D eigenvalue weighted by Crippen LogP contribution is -2.25. The molecule has 8 nitrogen and oxygen atoms in total. The third kappa shape index (κ3) is 3.45. The molecule has 0 atom stereocenters. The van der Waals surface area contributed by atoms with E-state index in [1.165, 1.54) is 18.2 Å². The molecule has 0 unspecified atom stereocenters. The van der Waals surface area contributed by atoms with E-state index in [2.05, 4.69) is 10.3 Å². The highest BCUT2D eigenvalue weighted by molar-refractivity contribution is 5.98. The quantitative estimate of drug-likeness (QED) is 0.301. The molecule has 0 radical (unpaired) electrons. The molecule has 0 bridgehead atoms. The lowest BCUT2D eigenvalue weighted by atomic mass is 10.2. The number of guanidine groups is 1. The van der Waals surface area contributed by atoms with Gasteiger partial charge in [0.15, 0.2) is 5.96 Å². The van der Waals surface area contributed by atoms with Gasteiger partial charge in [0.25, 0.3) is 5.69 Å². The zero-order chi connectivity index (χ0) is 13.0. The van der Waals surface area contributed by atoms with E-state index in [1.54, 1.807) is 6.92 Å². The number of hydrogen-bond acceptors (Lipinski definition) is 3. The van der Waals surface area contributed by atoms with Crippen LogP contribution < -0.4 is 16.8 Å². The van der Waals surface area contributed by atoms with Crippen molar-refractivity contribution in [2.75, 3.05) is 5.32 Å². The summed E-state index contributed by atoms with van der Waals surface area (Å²) >= 11 is 0. The highest BCUT2D eigenvalue weighted by Gasteiger charge is 2.10. The minimum Gasteiger partial charge on any atom is -0.370 e. The van der Waals surface area contributed by atoms with Gasteiger partial charge in [-0.2, -0.15) is 4.99 Å². The predicted molar refractivity (Wildman–Crippen MR) is 62.7 cm³/mol. The normalized spacial score (nSPS) is 9.47. The molecule has 0 aliphatic heterocycles. The Labute approximate surface area is 96.5 Å². The van der Waals surface area contributed by atoms with Crippen LogP contribution in [0, 0.1) is 17.0 Å². The third-order valence-electron chi connectivity index (χ3n) is 1.88. The van der Waals surface area contributed by atoms with E-state index in [0.29, 0.717) is 11.3 Å². The summed E-state index contributed by atoms with van der Waals surface area (Å²) in [6, 6.07) is 3.41. The Kier molecular flexibility index (Phi) is 3.60. The summed E-state index contributed by atoms with van der Waals surface area (Å²) in [4.78, 5) is 24.5. The Hall–Kier alpha value is -2.64. The van der Waals surface area contributed by atoms with Crippen LogP contribution in [0.1, 0.15) is 5.56 Å². The molecule has 1 rings (SSSR count). The summed E-state index contributed by atoms with van der Waals surface area (Å²) in [6.45, 7) is 1.56. The van der Waals surface area contributed by atoms with Crippen LogP contribution in [0.2, 0.25) is 0 Å². The van der Waals surface area contributed by atoms with Crippen molar-refractivity contribution < 1.29 is 9.72 Å². The van der Waals surface area contributed by atoms with E-state index in [4.69, 9.17) is 11.5 Å². The van der Waals surface area contributed by atoms with Crippen LogP contribution in [0.4, 0.5) is 16.2 Å². The van der Waals surface area contributed by atoms with Gasteiger partial charge in [-0.25, -0.2) is 4.79 Å². The van der Waals surface area contributed by atoms with Gasteiger partial charge in [-0.3, -0.25) is 10.1 Å². The second-order valence-electron chi connectivity index (χ2n) is 3.23. The van der Waals surface area contributed by atoms with E-state index in [0.717, 1.165) is 0 Å². The molecule has 90 valence electrons. The number of hydrogen-bond donors (Lipinski definition) is 3. The molecule has 0 spiro atoms. The second kappa shape index (κ2) is 4.92. The average Bonchev–Trinajstić information content (AvgIpc) is 2.15. The number of urea groups is 1. The van der Waals surface area contributed by atoms with Crippen LogP contribution in [-0.4, -0.2) is 16.9 Å². The van der Waals surface area contributed by atoms with E-state index < -0.39 is 11.0 Å². The highest BCUT2D eigenvalue weighted by atomic mass is 16.6. The maximum absolute atomic E-state index is 11.2. The summed E-state index contributed by atoms with van der Waals surface area (Å²) in [7, 11) is 0. The second-order valence-corrected chi connectivity index (χ2v) is 3.23. The highest BCUT2D eigenvalue weighted by Crippen LogP contribution is 2.21. The molecule has 1 aromatic rings. The van der Waals surface area contributed by atoms with Gasteiger partial charge in [0.2, 0.25) is 0 Å². The minimum absolute atomic E-state index is 0.0233. The van der Waals surface area contributed by atoms with Crippen molar-refractivity contribution in [3.63, 3.8) is 0 Å². The standard InChI is InChI=1S/C9H11N5O3/c1-5-4-6(2-3-7(5)14(16)17)12-9(15)13-8(10)11/h2-4H,1H3,(H5,10,11,12,13,15). The molecular weight excluding hydrogens is 226 g/mol. The summed E-state index contributed by atoms with van der Waals surface area (Å²) in [5.41, 5.74) is 10.8. The number of nitrogens with two attached hydrogens (primary N) is 2. The van der Waals surface area contributed by atoms with Crippen LogP contribution in [-0.2, 0) is 0 Å². The fraction of sp³-hybridized carbons (Fsp3) is 0.111. The largest absolute Gasteiger partial charge is 0.370 e. The molecule has 1 aromatic carbocycles. The van der Waals surface area contributed by atoms with Crippen LogP contribution in [0.25, 0.3) is 0 Å². The average molecular weight is 237 g/mol. The van der Waals surface area contributed by atoms with Gasteiger partial charge in [0, 0.05) is 17.3 Å². The molecule has 5 N–H and O–H groups in total. The Bertz CT molecular complexity index is 493. The Morgan fingerprint density at radius 1 is 1.47 bits per heavy atom. The first-order chi connectivity index (χ1) is 7.90. The predicted octanol–water partition coefficient (Wildman–Crippen LogP) is 0.709. The SMILES string of the molecule is Cc1cc(NC(=O)N=C(N)N)ccc1[N+](=O)[O-]. The van der Waals surface area contributed by atoms with E-state index in [9.17, 15) is 14.9 Å². The minimum atomic E-state index is -0.738. The zero-order valence-electron chi connectivity index (χ0n) is 9.01. The number of nitrogens with zero attached hydrogens (tertiary/aromatic N) is 2. The third-order valence-corrected chi connectivity index (χ3v) is 1.88. The molecule has 0 aliphatic carbocycles.